The molecule has 0 unspecified atom stereocenters. The number of anilines is 1. The number of β-amino-alcohol motifs (C(OH)–C–C–N with tert-alkyl or cyclic N) is 1. The van der Waals surface area contributed by atoms with Crippen LogP contribution in [0.5, 0.6) is 5.75 Å². The number of aliphatic hydroxyl groups is 1. The lowest BCUT2D eigenvalue weighted by Crippen LogP contribution is -2.58. The van der Waals surface area contributed by atoms with Crippen LogP contribution in [0.4, 0.5) is 10.1 Å². The topological polar surface area (TPSA) is 182 Å². The van der Waals surface area contributed by atoms with E-state index >= 15 is 4.39 Å². The summed E-state index contributed by atoms with van der Waals surface area (Å²) in [7, 11) is 0. The Bertz CT molecular complexity index is 2960. The van der Waals surface area contributed by atoms with Crippen LogP contribution in [0.3, 0.4) is 0 Å². The van der Waals surface area contributed by atoms with Gasteiger partial charge in [0.05, 0.1) is 74.0 Å². The number of carbonyl (C=O) groups excluding carboxylic acids is 3. The van der Waals surface area contributed by atoms with Gasteiger partial charge in [-0.2, -0.15) is 0 Å². The van der Waals surface area contributed by atoms with E-state index in [-0.39, 0.29) is 69.2 Å². The van der Waals surface area contributed by atoms with E-state index in [0.717, 1.165) is 74.8 Å². The minimum atomic E-state index is -0.985. The number of aryl methyl sites for hydroxylation is 2. The summed E-state index contributed by atoms with van der Waals surface area (Å²) in [5.41, 5.74) is 8.15. The van der Waals surface area contributed by atoms with Gasteiger partial charge in [0.2, 0.25) is 17.7 Å². The first-order chi connectivity index (χ1) is 38.0. The summed E-state index contributed by atoms with van der Waals surface area (Å²) >= 11 is 8.40. The van der Waals surface area contributed by atoms with Gasteiger partial charge in [-0.3, -0.25) is 14.4 Å². The van der Waals surface area contributed by atoms with Crippen molar-refractivity contribution in [2.45, 2.75) is 123 Å². The van der Waals surface area contributed by atoms with Crippen molar-refractivity contribution in [3.05, 3.63) is 147 Å². The molecule has 2 aromatic heterocycles. The quantitative estimate of drug-likeness (QED) is 0.0439. The number of benzene rings is 4. The van der Waals surface area contributed by atoms with Crippen LogP contribution in [0.2, 0.25) is 5.02 Å². The number of thiazole rings is 1. The number of likely N-dealkylation sites (tertiary alicyclic amines) is 1. The van der Waals surface area contributed by atoms with E-state index in [2.05, 4.69) is 49.0 Å². The zero-order valence-electron chi connectivity index (χ0n) is 46.1. The van der Waals surface area contributed by atoms with E-state index in [4.69, 9.17) is 30.5 Å². The summed E-state index contributed by atoms with van der Waals surface area (Å²) in [5.74, 6) is -0.769. The number of hydrogen-bond acceptors (Lipinski definition) is 13. The van der Waals surface area contributed by atoms with Crippen molar-refractivity contribution in [1.82, 2.24) is 35.5 Å². The largest absolute Gasteiger partial charge is 0.492 e. The molecule has 8 rings (SSSR count). The van der Waals surface area contributed by atoms with E-state index in [1.54, 1.807) is 28.2 Å². The molecule has 0 spiro atoms. The Morgan fingerprint density at radius 1 is 0.911 bits per heavy atom. The fraction of sp³-hybridized carbons (Fsp3) is 0.467. The molecule has 0 radical (unpaired) electrons. The van der Waals surface area contributed by atoms with Crippen LogP contribution in [-0.2, 0) is 53.7 Å². The van der Waals surface area contributed by atoms with Crippen LogP contribution in [0.1, 0.15) is 99.5 Å². The zero-order valence-corrected chi connectivity index (χ0v) is 47.7. The van der Waals surface area contributed by atoms with Gasteiger partial charge in [-0.1, -0.05) is 111 Å². The van der Waals surface area contributed by atoms with Crippen LogP contribution in [0, 0.1) is 25.1 Å². The molecule has 2 fully saturated rings. The number of nitrogens with one attached hydrogen (secondary N) is 2. The monoisotopic (exact) mass is 1120 g/mol. The number of aromatic nitrogens is 4. The second-order valence-corrected chi connectivity index (χ2v) is 23.0. The number of hydrogen-bond donors (Lipinski definition) is 3. The number of rotatable bonds is 26. The molecule has 3 N–H and O–H groups in total. The van der Waals surface area contributed by atoms with Gasteiger partial charge in [-0.15, -0.1) is 16.4 Å². The Balaban J connectivity index is 0.720. The molecule has 0 bridgehead atoms. The average Bonchev–Trinajstić information content (AvgIpc) is 4.29. The molecule has 4 atom stereocenters. The first kappa shape index (κ1) is 58.9. The highest BCUT2D eigenvalue weighted by atomic mass is 35.5. The predicted octanol–water partition coefficient (Wildman–Crippen LogP) is 9.33. The third-order valence-electron chi connectivity index (χ3n) is 14.8. The third kappa shape index (κ3) is 15.6. The molecule has 1 aliphatic heterocycles. The first-order valence-electron chi connectivity index (χ1n) is 27.2. The van der Waals surface area contributed by atoms with Crippen LogP contribution in [0.15, 0.2) is 103 Å². The van der Waals surface area contributed by atoms with Crippen LogP contribution in [0.25, 0.3) is 10.4 Å². The van der Waals surface area contributed by atoms with Crippen molar-refractivity contribution >= 4 is 46.3 Å². The molecule has 3 heterocycles. The molecule has 6 aromatic rings. The lowest BCUT2D eigenvalue weighted by Gasteiger charge is -2.38. The van der Waals surface area contributed by atoms with Crippen molar-refractivity contribution in [2.75, 3.05) is 57.6 Å². The molecule has 3 amide bonds. The molecule has 422 valence electrons. The summed E-state index contributed by atoms with van der Waals surface area (Å²) < 4.78 is 40.2. The summed E-state index contributed by atoms with van der Waals surface area (Å²) in [5, 5.41) is 25.7. The molecule has 16 nitrogen and oxygen atoms in total. The predicted molar refractivity (Wildman–Crippen MR) is 303 cm³/mol. The first-order valence-corrected chi connectivity index (χ1v) is 28.4. The number of ether oxygens (including phenoxy) is 4. The summed E-state index contributed by atoms with van der Waals surface area (Å²) in [6, 6.07) is 27.0. The highest BCUT2D eigenvalue weighted by Crippen LogP contribution is 2.44. The molecule has 1 saturated carbocycles. The molecule has 1 aliphatic carbocycles. The second kappa shape index (κ2) is 27.3. The Morgan fingerprint density at radius 2 is 1.63 bits per heavy atom. The van der Waals surface area contributed by atoms with Crippen molar-refractivity contribution in [3.8, 4) is 16.2 Å². The fourth-order valence-electron chi connectivity index (χ4n) is 10.5. The van der Waals surface area contributed by atoms with Gasteiger partial charge in [0, 0.05) is 42.2 Å². The van der Waals surface area contributed by atoms with Gasteiger partial charge in [-0.05, 0) is 97.2 Å². The Kier molecular flexibility index (Phi) is 20.3. The van der Waals surface area contributed by atoms with Crippen molar-refractivity contribution in [1.29, 1.82) is 0 Å². The van der Waals surface area contributed by atoms with Crippen LogP contribution in [-0.4, -0.2) is 119 Å². The third-order valence-corrected chi connectivity index (χ3v) is 16.3. The molecular formula is C60H74ClFN8O8S. The number of carbonyl (C=O) groups is 3. The second-order valence-electron chi connectivity index (χ2n) is 21.8. The van der Waals surface area contributed by atoms with Gasteiger partial charge in [0.15, 0.2) is 0 Å². The van der Waals surface area contributed by atoms with Gasteiger partial charge >= 0.3 is 0 Å². The Morgan fingerprint density at radius 3 is 2.34 bits per heavy atom. The molecular weight excluding hydrogens is 1050 g/mol. The number of halogens is 2. The van der Waals surface area contributed by atoms with Crippen LogP contribution < -0.4 is 20.3 Å². The molecule has 4 aromatic carbocycles. The lowest BCUT2D eigenvalue weighted by atomic mass is 9.78. The highest BCUT2D eigenvalue weighted by molar-refractivity contribution is 7.13. The van der Waals surface area contributed by atoms with E-state index in [1.807, 2.05) is 114 Å². The summed E-state index contributed by atoms with van der Waals surface area (Å²) in [6.07, 6.45) is 4.95. The van der Waals surface area contributed by atoms with E-state index < -0.39 is 35.4 Å². The fourth-order valence-corrected chi connectivity index (χ4v) is 11.5. The van der Waals surface area contributed by atoms with E-state index in [1.165, 1.54) is 4.90 Å². The molecule has 1 saturated heterocycles. The minimum absolute atomic E-state index is 0.0297. The van der Waals surface area contributed by atoms with Crippen molar-refractivity contribution < 1.29 is 42.8 Å². The Hall–Kier alpha value is -6.28. The lowest BCUT2D eigenvalue weighted by molar-refractivity contribution is -0.144. The molecule has 2 aliphatic rings. The van der Waals surface area contributed by atoms with Crippen molar-refractivity contribution in [2.24, 2.45) is 5.41 Å². The summed E-state index contributed by atoms with van der Waals surface area (Å²) in [6.45, 7) is 14.2. The summed E-state index contributed by atoms with van der Waals surface area (Å²) in [4.78, 5) is 50.0. The highest BCUT2D eigenvalue weighted by Gasteiger charge is 2.45. The van der Waals surface area contributed by atoms with Gasteiger partial charge < -0.3 is 44.5 Å². The van der Waals surface area contributed by atoms with E-state index in [0.29, 0.717) is 44.3 Å². The minimum Gasteiger partial charge on any atom is -0.492 e. The zero-order chi connectivity index (χ0) is 56.1. The maximum atomic E-state index is 15.4. The number of aliphatic hydroxyl groups excluding tert-OH is 1. The Labute approximate surface area is 471 Å². The number of amides is 3. The molecule has 19 heteroatoms. The van der Waals surface area contributed by atoms with E-state index in [9.17, 15) is 19.5 Å². The standard InChI is InChI=1S/C60H74ClFN8O8S/c1-40-12-11-13-45(54(40)61)33-68(38-60(24-9-10-25-60)50-14-7-8-15-51(50)62)47-20-22-49(23-21-47)78-27-26-69-34-46(66-67-69)36-76-30-28-75-29-31-77-37-53(72)65-56(59(4,5)6)58(74)70-35-48(71)32-52(70)57(73)64-41(2)43-16-18-44(19-17-43)55-42(3)63-39-79-55/h7-8,11-23,34,39,41,48,52,56,71H,9-10,24-33,35-38H2,1-6H3,(H,64,73)(H,65,72)/t41-,48+,52-,56-/m0/s1. The van der Waals surface area contributed by atoms with Crippen molar-refractivity contribution in [3.63, 3.8) is 0 Å². The SMILES string of the molecule is Cc1cccc(CN(CC2(c3ccccc3F)CCCC2)c2ccc(OCCn3cc(COCCOCCOCC(=O)N[C@@H](C(=O)N4C[C@H](O)C[C@H]4C(=O)N[C@@H](C)c4ccc(-c5scnc5C)cc4)C(C)(C)C)nn3)cc2)c1Cl. The molecule has 79 heavy (non-hydrogen) atoms. The van der Waals surface area contributed by atoms with Gasteiger partial charge in [0.25, 0.3) is 0 Å². The van der Waals surface area contributed by atoms with Gasteiger partial charge in [-0.25, -0.2) is 14.1 Å². The van der Waals surface area contributed by atoms with Gasteiger partial charge in [0.1, 0.15) is 42.6 Å². The maximum absolute atomic E-state index is 15.4. The smallest absolute Gasteiger partial charge is 0.246 e. The normalized spacial score (nSPS) is 16.9. The van der Waals surface area contributed by atoms with Crippen LogP contribution >= 0.6 is 22.9 Å². The maximum Gasteiger partial charge on any atom is 0.246 e. The average molecular weight is 1120 g/mol. The number of nitrogens with zero attached hydrogens (tertiary/aromatic N) is 6.